The van der Waals surface area contributed by atoms with Gasteiger partial charge in [-0.2, -0.15) is 0 Å². The number of nitrogens with zero attached hydrogens (tertiary/aromatic N) is 1. The summed E-state index contributed by atoms with van der Waals surface area (Å²) in [6.45, 7) is 5.40. The van der Waals surface area contributed by atoms with Gasteiger partial charge < -0.3 is 29.4 Å². The van der Waals surface area contributed by atoms with Crippen LogP contribution in [0.2, 0.25) is 0 Å². The van der Waals surface area contributed by atoms with E-state index in [0.717, 1.165) is 12.8 Å². The van der Waals surface area contributed by atoms with E-state index in [4.69, 9.17) is 13.7 Å². The molecular formula is C31H36N4O9S2. The molecule has 246 valence electrons. The third-order valence-corrected chi connectivity index (χ3v) is 9.11. The summed E-state index contributed by atoms with van der Waals surface area (Å²) >= 11 is -2.05. The number of hydrogen-bond donors (Lipinski definition) is 5. The molecule has 2 aromatic heterocycles. The Bertz CT molecular complexity index is 1810. The molecule has 3 unspecified atom stereocenters. The molecule has 0 aliphatic carbocycles. The number of carboxylic acid groups (broad SMARTS) is 1. The second kappa shape index (κ2) is 15.4. The smallest absolute Gasteiger partial charge is 0.310 e. The molecule has 2 heterocycles. The van der Waals surface area contributed by atoms with Crippen molar-refractivity contribution in [3.05, 3.63) is 72.1 Å². The van der Waals surface area contributed by atoms with Crippen LogP contribution in [0.3, 0.4) is 0 Å². The Hall–Kier alpha value is -4.15. The number of anilines is 2. The zero-order valence-corrected chi connectivity index (χ0v) is 27.1. The quantitative estimate of drug-likeness (QED) is 0.0807. The molecule has 0 saturated heterocycles. The summed E-state index contributed by atoms with van der Waals surface area (Å²) in [4.78, 5) is 29.1. The zero-order chi connectivity index (χ0) is 33.4. The van der Waals surface area contributed by atoms with E-state index in [2.05, 4.69) is 20.3 Å². The Morgan fingerprint density at radius 1 is 1.11 bits per heavy atom. The number of carboxylic acids is 1. The second-order valence-electron chi connectivity index (χ2n) is 10.5. The fraction of sp³-hybridized carbons (Fsp3) is 0.323. The maximum Gasteiger partial charge on any atom is 0.310 e. The predicted molar refractivity (Wildman–Crippen MR) is 174 cm³/mol. The first-order valence-corrected chi connectivity index (χ1v) is 17.2. The van der Waals surface area contributed by atoms with Crippen LogP contribution in [0.25, 0.3) is 22.2 Å². The number of aliphatic carboxylic acids is 1. The highest BCUT2D eigenvalue weighted by atomic mass is 32.2. The molecule has 3 atom stereocenters. The third-order valence-electron chi connectivity index (χ3n) is 7.28. The van der Waals surface area contributed by atoms with Crippen molar-refractivity contribution in [1.82, 2.24) is 9.71 Å². The van der Waals surface area contributed by atoms with Crippen LogP contribution in [-0.2, 0) is 30.6 Å². The molecule has 0 saturated carbocycles. The summed E-state index contributed by atoms with van der Waals surface area (Å²) in [7, 11) is -3.99. The lowest BCUT2D eigenvalue weighted by Gasteiger charge is -2.21. The SMILES string of the molecule is CCCCOC(C)C(CNS(=O)(=O)c1ccc(-c2ccc(NC(=O)c3oc4cccc(NCS(=O)O)c4c3C)cn2)cc1)C(=O)O. The van der Waals surface area contributed by atoms with E-state index >= 15 is 0 Å². The fourth-order valence-corrected chi connectivity index (χ4v) is 6.04. The highest BCUT2D eigenvalue weighted by molar-refractivity contribution is 7.89. The van der Waals surface area contributed by atoms with Crippen LogP contribution in [0.15, 0.2) is 70.1 Å². The number of aromatic nitrogens is 1. The van der Waals surface area contributed by atoms with Crippen molar-refractivity contribution in [2.45, 2.75) is 44.6 Å². The van der Waals surface area contributed by atoms with E-state index in [9.17, 15) is 27.3 Å². The topological polar surface area (TPSA) is 197 Å². The van der Waals surface area contributed by atoms with Gasteiger partial charge in [0, 0.05) is 35.4 Å². The molecule has 4 rings (SSSR count). The number of pyridine rings is 1. The normalized spacial score (nSPS) is 13.7. The van der Waals surface area contributed by atoms with Gasteiger partial charge >= 0.3 is 5.97 Å². The van der Waals surface area contributed by atoms with Crippen molar-refractivity contribution >= 4 is 55.3 Å². The summed E-state index contributed by atoms with van der Waals surface area (Å²) in [5.41, 5.74) is 3.10. The summed E-state index contributed by atoms with van der Waals surface area (Å²) in [6, 6.07) is 14.4. The lowest BCUT2D eigenvalue weighted by Crippen LogP contribution is -2.39. The van der Waals surface area contributed by atoms with Crippen LogP contribution in [0.4, 0.5) is 11.4 Å². The van der Waals surface area contributed by atoms with E-state index in [0.29, 0.717) is 45.8 Å². The van der Waals surface area contributed by atoms with Gasteiger partial charge in [-0.1, -0.05) is 31.5 Å². The number of hydrogen-bond acceptors (Lipinski definition) is 9. The molecule has 0 fully saturated rings. The number of rotatable bonds is 16. The fourth-order valence-electron chi connectivity index (χ4n) is 4.70. The Kier molecular flexibility index (Phi) is 11.6. The van der Waals surface area contributed by atoms with Crippen molar-refractivity contribution in [2.75, 3.05) is 29.7 Å². The van der Waals surface area contributed by atoms with Crippen molar-refractivity contribution in [1.29, 1.82) is 0 Å². The molecule has 13 nitrogen and oxygen atoms in total. The van der Waals surface area contributed by atoms with Crippen LogP contribution in [0, 0.1) is 12.8 Å². The van der Waals surface area contributed by atoms with Crippen LogP contribution in [0.5, 0.6) is 0 Å². The van der Waals surface area contributed by atoms with Gasteiger partial charge in [0.05, 0.1) is 34.5 Å². The van der Waals surface area contributed by atoms with Gasteiger partial charge in [0.15, 0.2) is 16.8 Å². The van der Waals surface area contributed by atoms with Crippen molar-refractivity contribution < 1.29 is 41.0 Å². The maximum atomic E-state index is 13.1. The van der Waals surface area contributed by atoms with E-state index < -0.39 is 45.0 Å². The molecule has 46 heavy (non-hydrogen) atoms. The summed E-state index contributed by atoms with van der Waals surface area (Å²) in [6.07, 6.45) is 2.46. The van der Waals surface area contributed by atoms with Gasteiger partial charge in [-0.15, -0.1) is 0 Å². The number of aryl methyl sites for hydroxylation is 1. The molecule has 0 spiro atoms. The minimum atomic E-state index is -3.99. The first-order valence-electron chi connectivity index (χ1n) is 14.5. The number of fused-ring (bicyclic) bond motifs is 1. The first kappa shape index (κ1) is 34.7. The number of ether oxygens (including phenoxy) is 1. The Balaban J connectivity index is 1.40. The predicted octanol–water partition coefficient (Wildman–Crippen LogP) is 4.83. The van der Waals surface area contributed by atoms with Crippen LogP contribution < -0.4 is 15.4 Å². The Labute approximate surface area is 269 Å². The van der Waals surface area contributed by atoms with Gasteiger partial charge in [0.1, 0.15) is 11.5 Å². The van der Waals surface area contributed by atoms with E-state index in [1.165, 1.54) is 18.3 Å². The molecule has 5 N–H and O–H groups in total. The highest BCUT2D eigenvalue weighted by Gasteiger charge is 2.28. The molecule has 2 aromatic carbocycles. The zero-order valence-electron chi connectivity index (χ0n) is 25.5. The number of unbranched alkanes of at least 4 members (excludes halogenated alkanes) is 1. The average Bonchev–Trinajstić information content (AvgIpc) is 3.37. The number of carbonyl (C=O) groups excluding carboxylic acids is 1. The Morgan fingerprint density at radius 2 is 1.85 bits per heavy atom. The van der Waals surface area contributed by atoms with Gasteiger partial charge in [-0.3, -0.25) is 14.6 Å². The van der Waals surface area contributed by atoms with Crippen LogP contribution in [-0.4, -0.2) is 64.3 Å². The largest absolute Gasteiger partial charge is 0.481 e. The lowest BCUT2D eigenvalue weighted by molar-refractivity contribution is -0.146. The molecule has 0 aliphatic heterocycles. The minimum Gasteiger partial charge on any atom is -0.481 e. The summed E-state index contributed by atoms with van der Waals surface area (Å²) in [5, 5.41) is 15.8. The average molecular weight is 673 g/mol. The number of sulfonamides is 1. The van der Waals surface area contributed by atoms with Crippen molar-refractivity contribution in [3.63, 3.8) is 0 Å². The number of amides is 1. The number of nitrogens with one attached hydrogen (secondary N) is 3. The molecular weight excluding hydrogens is 636 g/mol. The molecule has 4 aromatic rings. The van der Waals surface area contributed by atoms with Gasteiger partial charge in [0.2, 0.25) is 10.0 Å². The third kappa shape index (κ3) is 8.55. The number of furan rings is 1. The number of carbonyl (C=O) groups is 2. The Morgan fingerprint density at radius 3 is 2.48 bits per heavy atom. The monoisotopic (exact) mass is 672 g/mol. The van der Waals surface area contributed by atoms with E-state index in [1.807, 2.05) is 6.92 Å². The standard InChI is InChI=1S/C31H36N4O9S2/c1-4-5-15-43-20(3)24(31(37)38)17-34-46(41,42)23-12-9-21(10-13-23)25-14-11-22(16-32-25)35-30(36)29-19(2)28-26(33-18-45(39)40)7-6-8-27(28)44-29/h6-14,16,20,24,33-34H,4-5,15,17-18H2,1-3H3,(H,35,36)(H,37,38)(H,39,40). The van der Waals surface area contributed by atoms with E-state index in [1.54, 1.807) is 56.3 Å². The van der Waals surface area contributed by atoms with Crippen LogP contribution in [0.1, 0.15) is 42.8 Å². The summed E-state index contributed by atoms with van der Waals surface area (Å²) < 4.78 is 59.7. The minimum absolute atomic E-state index is 0.0343. The van der Waals surface area contributed by atoms with Gasteiger partial charge in [0.25, 0.3) is 5.91 Å². The molecule has 0 radical (unpaired) electrons. The molecule has 1 amide bonds. The number of benzene rings is 2. The molecule has 15 heteroatoms. The molecule has 0 bridgehead atoms. The maximum absolute atomic E-state index is 13.1. The first-order chi connectivity index (χ1) is 21.9. The van der Waals surface area contributed by atoms with Crippen LogP contribution >= 0.6 is 0 Å². The van der Waals surface area contributed by atoms with Crippen molar-refractivity contribution in [3.8, 4) is 11.3 Å². The van der Waals surface area contributed by atoms with Gasteiger partial charge in [-0.05, 0) is 56.7 Å². The van der Waals surface area contributed by atoms with Crippen molar-refractivity contribution in [2.24, 2.45) is 5.92 Å². The second-order valence-corrected chi connectivity index (χ2v) is 13.2. The van der Waals surface area contributed by atoms with Gasteiger partial charge in [-0.25, -0.2) is 17.3 Å². The molecule has 0 aliphatic rings. The highest BCUT2D eigenvalue weighted by Crippen LogP contribution is 2.32. The summed E-state index contributed by atoms with van der Waals surface area (Å²) in [5.74, 6) is -2.81. The lowest BCUT2D eigenvalue weighted by atomic mass is 10.0. The van der Waals surface area contributed by atoms with E-state index in [-0.39, 0.29) is 23.1 Å².